The van der Waals surface area contributed by atoms with Crippen LogP contribution in [0.15, 0.2) is 42.5 Å². The molecule has 2 amide bonds. The van der Waals surface area contributed by atoms with Crippen LogP contribution in [0.3, 0.4) is 0 Å². The Hall–Kier alpha value is -2.60. The number of carbonyl (C=O) groups excluding carboxylic acids is 2. The third kappa shape index (κ3) is 5.76. The van der Waals surface area contributed by atoms with Crippen LogP contribution < -0.4 is 16.0 Å². The first kappa shape index (κ1) is 18.7. The van der Waals surface area contributed by atoms with E-state index in [9.17, 15) is 14.0 Å². The zero-order valence-corrected chi connectivity index (χ0v) is 14.5. The van der Waals surface area contributed by atoms with Gasteiger partial charge in [-0.25, -0.2) is 4.39 Å². The predicted octanol–water partition coefficient (Wildman–Crippen LogP) is 3.11. The number of amides is 2. The van der Waals surface area contributed by atoms with Gasteiger partial charge in [0.05, 0.1) is 17.3 Å². The van der Waals surface area contributed by atoms with Crippen LogP contribution >= 0.6 is 11.6 Å². The van der Waals surface area contributed by atoms with E-state index in [2.05, 4.69) is 5.32 Å². The monoisotopic (exact) mass is 363 g/mol. The summed E-state index contributed by atoms with van der Waals surface area (Å²) in [6.45, 7) is 2.25. The molecule has 132 valence electrons. The molecule has 0 aromatic heterocycles. The second kappa shape index (κ2) is 8.48. The molecule has 0 bridgehead atoms. The summed E-state index contributed by atoms with van der Waals surface area (Å²) in [6, 6.07) is 11.3. The average Bonchev–Trinajstić information content (AvgIpc) is 2.54. The molecule has 3 N–H and O–H groups in total. The molecule has 2 aromatic carbocycles. The first-order valence-corrected chi connectivity index (χ1v) is 8.08. The molecule has 0 heterocycles. The van der Waals surface area contributed by atoms with Crippen LogP contribution in [-0.2, 0) is 9.59 Å². The molecule has 7 heteroatoms. The van der Waals surface area contributed by atoms with Gasteiger partial charge in [-0.2, -0.15) is 0 Å². The highest BCUT2D eigenvalue weighted by Gasteiger charge is 2.14. The third-order valence-corrected chi connectivity index (χ3v) is 3.85. The van der Waals surface area contributed by atoms with Crippen molar-refractivity contribution in [3.8, 4) is 0 Å². The maximum Gasteiger partial charge on any atom is 0.243 e. The Bertz CT molecular complexity index is 783. The minimum atomic E-state index is -0.481. The van der Waals surface area contributed by atoms with Crippen LogP contribution in [0.25, 0.3) is 0 Å². The lowest BCUT2D eigenvalue weighted by molar-refractivity contribution is -0.118. The summed E-state index contributed by atoms with van der Waals surface area (Å²) in [4.78, 5) is 25.2. The highest BCUT2D eigenvalue weighted by Crippen LogP contribution is 2.23. The van der Waals surface area contributed by atoms with Gasteiger partial charge in [-0.1, -0.05) is 23.7 Å². The number of rotatable bonds is 7. The van der Waals surface area contributed by atoms with Gasteiger partial charge >= 0.3 is 0 Å². The second-order valence-electron chi connectivity index (χ2n) is 5.65. The number of aryl methyl sites for hydroxylation is 1. The zero-order valence-electron chi connectivity index (χ0n) is 13.8. The van der Waals surface area contributed by atoms with Crippen LogP contribution in [0, 0.1) is 12.7 Å². The molecule has 0 aliphatic heterocycles. The zero-order chi connectivity index (χ0) is 18.4. The molecule has 25 heavy (non-hydrogen) atoms. The first-order chi connectivity index (χ1) is 11.8. The number of hydrogen-bond donors (Lipinski definition) is 2. The fraction of sp³-hybridized carbons (Fsp3) is 0.222. The number of carbonyl (C=O) groups is 2. The summed E-state index contributed by atoms with van der Waals surface area (Å²) in [5, 5.41) is 2.76. The van der Waals surface area contributed by atoms with E-state index in [-0.39, 0.29) is 23.9 Å². The van der Waals surface area contributed by atoms with Crippen molar-refractivity contribution in [2.24, 2.45) is 5.73 Å². The van der Waals surface area contributed by atoms with Gasteiger partial charge in [-0.3, -0.25) is 9.59 Å². The fourth-order valence-corrected chi connectivity index (χ4v) is 2.54. The quantitative estimate of drug-likeness (QED) is 0.793. The molecule has 2 aromatic rings. The number of hydrogen-bond acceptors (Lipinski definition) is 3. The Balaban J connectivity index is 2.12. The van der Waals surface area contributed by atoms with Gasteiger partial charge in [0.1, 0.15) is 5.82 Å². The van der Waals surface area contributed by atoms with Crippen LogP contribution in [0.5, 0.6) is 0 Å². The predicted molar refractivity (Wildman–Crippen MR) is 97.2 cm³/mol. The van der Waals surface area contributed by atoms with Crippen molar-refractivity contribution in [1.82, 2.24) is 0 Å². The molecule has 5 nitrogen and oxygen atoms in total. The molecule has 0 aliphatic rings. The molecule has 0 spiro atoms. The topological polar surface area (TPSA) is 75.4 Å². The molecule has 0 saturated heterocycles. The molecular weight excluding hydrogens is 345 g/mol. The molecular formula is C18H19ClFN3O2. The van der Waals surface area contributed by atoms with Crippen LogP contribution in [-0.4, -0.2) is 24.9 Å². The van der Waals surface area contributed by atoms with E-state index in [0.29, 0.717) is 12.2 Å². The van der Waals surface area contributed by atoms with Crippen molar-refractivity contribution in [3.05, 3.63) is 58.9 Å². The summed E-state index contributed by atoms with van der Waals surface area (Å²) in [7, 11) is 0. The second-order valence-corrected chi connectivity index (χ2v) is 6.06. The maximum absolute atomic E-state index is 13.1. The van der Waals surface area contributed by atoms with E-state index >= 15 is 0 Å². The normalized spacial score (nSPS) is 10.4. The lowest BCUT2D eigenvalue weighted by Crippen LogP contribution is -2.35. The minimum absolute atomic E-state index is 0.00440. The molecule has 0 atom stereocenters. The first-order valence-electron chi connectivity index (χ1n) is 7.70. The Kier molecular flexibility index (Phi) is 6.36. The Labute approximate surface area is 150 Å². The SMILES string of the molecule is Cc1cccc(N(CCC(N)=O)CC(=O)Nc2ccc(F)cc2Cl)c1. The molecule has 2 rings (SSSR count). The highest BCUT2D eigenvalue weighted by atomic mass is 35.5. The standard InChI is InChI=1S/C18H19ClFN3O2/c1-12-3-2-4-14(9-12)23(8-7-17(21)24)11-18(25)22-16-6-5-13(20)10-15(16)19/h2-6,9-10H,7-8,11H2,1H3,(H2,21,24)(H,22,25). The fourth-order valence-electron chi connectivity index (χ4n) is 2.32. The molecule has 0 radical (unpaired) electrons. The highest BCUT2D eigenvalue weighted by molar-refractivity contribution is 6.33. The third-order valence-electron chi connectivity index (χ3n) is 3.53. The van der Waals surface area contributed by atoms with Gasteiger partial charge < -0.3 is 16.0 Å². The van der Waals surface area contributed by atoms with Gasteiger partial charge in [0.2, 0.25) is 11.8 Å². The minimum Gasteiger partial charge on any atom is -0.370 e. The van der Waals surface area contributed by atoms with Gasteiger partial charge in [0, 0.05) is 18.7 Å². The summed E-state index contributed by atoms with van der Waals surface area (Å²) in [5.74, 6) is -1.26. The van der Waals surface area contributed by atoms with Crippen LogP contribution in [0.2, 0.25) is 5.02 Å². The number of nitrogens with two attached hydrogens (primary N) is 1. The van der Waals surface area contributed by atoms with Crippen molar-refractivity contribution in [1.29, 1.82) is 0 Å². The molecule has 0 aliphatic carbocycles. The summed E-state index contributed by atoms with van der Waals surface area (Å²) in [5.41, 5.74) is 7.38. The van der Waals surface area contributed by atoms with Crippen molar-refractivity contribution < 1.29 is 14.0 Å². The van der Waals surface area contributed by atoms with E-state index in [1.54, 1.807) is 4.90 Å². The van der Waals surface area contributed by atoms with Gasteiger partial charge in [-0.05, 0) is 42.8 Å². The largest absolute Gasteiger partial charge is 0.370 e. The van der Waals surface area contributed by atoms with E-state index < -0.39 is 11.7 Å². The number of nitrogens with zero attached hydrogens (tertiary/aromatic N) is 1. The number of nitrogens with one attached hydrogen (secondary N) is 1. The van der Waals surface area contributed by atoms with E-state index in [0.717, 1.165) is 17.3 Å². The van der Waals surface area contributed by atoms with Crippen molar-refractivity contribution in [2.75, 3.05) is 23.3 Å². The van der Waals surface area contributed by atoms with Gasteiger partial charge in [0.25, 0.3) is 0 Å². The summed E-state index contributed by atoms with van der Waals surface area (Å²) in [6.07, 6.45) is 0.124. The number of anilines is 2. The molecule has 0 fully saturated rings. The Morgan fingerprint density at radius 2 is 2.00 bits per heavy atom. The summed E-state index contributed by atoms with van der Waals surface area (Å²) < 4.78 is 13.1. The molecule has 0 unspecified atom stereocenters. The lowest BCUT2D eigenvalue weighted by atomic mass is 10.2. The Morgan fingerprint density at radius 3 is 2.64 bits per heavy atom. The lowest BCUT2D eigenvalue weighted by Gasteiger charge is -2.24. The van der Waals surface area contributed by atoms with Crippen molar-refractivity contribution >= 4 is 34.8 Å². The smallest absolute Gasteiger partial charge is 0.243 e. The maximum atomic E-state index is 13.1. The number of halogens is 2. The Morgan fingerprint density at radius 1 is 1.24 bits per heavy atom. The van der Waals surface area contributed by atoms with Crippen LogP contribution in [0.1, 0.15) is 12.0 Å². The van der Waals surface area contributed by atoms with E-state index in [4.69, 9.17) is 17.3 Å². The van der Waals surface area contributed by atoms with Crippen LogP contribution in [0.4, 0.5) is 15.8 Å². The van der Waals surface area contributed by atoms with E-state index in [1.807, 2.05) is 31.2 Å². The summed E-state index contributed by atoms with van der Waals surface area (Å²) >= 11 is 5.92. The van der Waals surface area contributed by atoms with Gasteiger partial charge in [-0.15, -0.1) is 0 Å². The van der Waals surface area contributed by atoms with Gasteiger partial charge in [0.15, 0.2) is 0 Å². The van der Waals surface area contributed by atoms with Crippen molar-refractivity contribution in [3.63, 3.8) is 0 Å². The molecule has 0 saturated carbocycles. The number of primary amides is 1. The van der Waals surface area contributed by atoms with E-state index in [1.165, 1.54) is 12.1 Å². The number of benzene rings is 2. The van der Waals surface area contributed by atoms with Crippen molar-refractivity contribution in [2.45, 2.75) is 13.3 Å². The average molecular weight is 364 g/mol.